The smallest absolute Gasteiger partial charge is 0.322 e. The minimum absolute atomic E-state index is 0.0533. The number of rotatable bonds is 4. The van der Waals surface area contributed by atoms with Gasteiger partial charge in [0.15, 0.2) is 5.65 Å². The molecule has 0 radical (unpaired) electrons. The Labute approximate surface area is 223 Å². The van der Waals surface area contributed by atoms with E-state index >= 15 is 0 Å². The molecule has 3 aromatic heterocycles. The topological polar surface area (TPSA) is 78.7 Å². The Kier molecular flexibility index (Phi) is 7.32. The number of nitrogens with one attached hydrogen (secondary N) is 1. The molecular weight excluding hydrogens is 507 g/mol. The van der Waals surface area contributed by atoms with Gasteiger partial charge in [-0.25, -0.2) is 0 Å². The molecule has 0 spiro atoms. The standard InChI is InChI=1S/C28H26F3N7O/c1-19-20(7-9-26-35-34-25-5-3-4-10-38(25)26)15-22(17-32-19)27(39)33-23-8-6-21(24(16-23)28(29,30)31)18-37-13-11-36(2)12-14-37/h3-6,8,10,15-17H,11-14,18H2,1-2H3,(H,33,39). The van der Waals surface area contributed by atoms with Crippen molar-refractivity contribution in [1.82, 2.24) is 29.4 Å². The van der Waals surface area contributed by atoms with Crippen molar-refractivity contribution in [3.63, 3.8) is 0 Å². The van der Waals surface area contributed by atoms with Crippen molar-refractivity contribution in [2.24, 2.45) is 0 Å². The number of anilines is 1. The third-order valence-corrected chi connectivity index (χ3v) is 6.63. The number of carbonyl (C=O) groups excluding carboxylic acids is 1. The quantitative estimate of drug-likeness (QED) is 0.402. The van der Waals surface area contributed by atoms with Crippen molar-refractivity contribution in [3.05, 3.63) is 88.6 Å². The molecule has 1 amide bonds. The molecule has 0 bridgehead atoms. The number of amides is 1. The number of fused-ring (bicyclic) bond motifs is 1. The van der Waals surface area contributed by atoms with Crippen LogP contribution in [0.1, 0.15) is 38.6 Å². The van der Waals surface area contributed by atoms with Gasteiger partial charge in [-0.15, -0.1) is 10.2 Å². The van der Waals surface area contributed by atoms with Gasteiger partial charge in [0.25, 0.3) is 5.91 Å². The van der Waals surface area contributed by atoms with E-state index in [0.29, 0.717) is 35.8 Å². The molecule has 4 aromatic rings. The van der Waals surface area contributed by atoms with Crippen LogP contribution in [-0.2, 0) is 12.7 Å². The number of piperazine rings is 1. The molecule has 39 heavy (non-hydrogen) atoms. The average molecular weight is 534 g/mol. The summed E-state index contributed by atoms with van der Waals surface area (Å²) < 4.78 is 43.5. The van der Waals surface area contributed by atoms with Crippen LogP contribution >= 0.6 is 0 Å². The molecule has 8 nitrogen and oxygen atoms in total. The largest absolute Gasteiger partial charge is 0.416 e. The van der Waals surface area contributed by atoms with Crippen LogP contribution in [0.3, 0.4) is 0 Å². The fourth-order valence-electron chi connectivity index (χ4n) is 4.34. The molecular formula is C28H26F3N7O. The molecule has 1 saturated heterocycles. The Morgan fingerprint density at radius 3 is 2.62 bits per heavy atom. The molecule has 1 aliphatic rings. The second-order valence-electron chi connectivity index (χ2n) is 9.46. The predicted molar refractivity (Wildman–Crippen MR) is 140 cm³/mol. The maximum atomic E-state index is 13.9. The van der Waals surface area contributed by atoms with Crippen molar-refractivity contribution in [2.45, 2.75) is 19.6 Å². The molecule has 1 aliphatic heterocycles. The van der Waals surface area contributed by atoms with Crippen LogP contribution in [0.2, 0.25) is 0 Å². The highest BCUT2D eigenvalue weighted by Crippen LogP contribution is 2.34. The summed E-state index contributed by atoms with van der Waals surface area (Å²) in [4.78, 5) is 21.4. The zero-order chi connectivity index (χ0) is 27.6. The highest BCUT2D eigenvalue weighted by Gasteiger charge is 2.34. The van der Waals surface area contributed by atoms with E-state index in [1.54, 1.807) is 29.7 Å². The molecule has 0 unspecified atom stereocenters. The van der Waals surface area contributed by atoms with Crippen molar-refractivity contribution < 1.29 is 18.0 Å². The molecule has 11 heteroatoms. The van der Waals surface area contributed by atoms with Gasteiger partial charge < -0.3 is 10.2 Å². The molecule has 0 aliphatic carbocycles. The van der Waals surface area contributed by atoms with E-state index < -0.39 is 17.6 Å². The van der Waals surface area contributed by atoms with E-state index in [1.165, 1.54) is 18.3 Å². The maximum absolute atomic E-state index is 13.9. The van der Waals surface area contributed by atoms with Crippen LogP contribution in [0.15, 0.2) is 54.9 Å². The lowest BCUT2D eigenvalue weighted by Crippen LogP contribution is -2.44. The number of carbonyl (C=O) groups is 1. The highest BCUT2D eigenvalue weighted by molar-refractivity contribution is 6.04. The van der Waals surface area contributed by atoms with E-state index in [-0.39, 0.29) is 23.4 Å². The lowest BCUT2D eigenvalue weighted by atomic mass is 10.0. The normalized spacial score (nSPS) is 14.7. The maximum Gasteiger partial charge on any atom is 0.416 e. The van der Waals surface area contributed by atoms with Crippen LogP contribution in [0.4, 0.5) is 18.9 Å². The molecule has 0 atom stereocenters. The van der Waals surface area contributed by atoms with Gasteiger partial charge in [0, 0.05) is 56.4 Å². The van der Waals surface area contributed by atoms with Crippen molar-refractivity contribution in [2.75, 3.05) is 38.5 Å². The lowest BCUT2D eigenvalue weighted by molar-refractivity contribution is -0.138. The van der Waals surface area contributed by atoms with Crippen LogP contribution in [0, 0.1) is 18.8 Å². The van der Waals surface area contributed by atoms with Crippen LogP contribution in [-0.4, -0.2) is 68.5 Å². The first-order chi connectivity index (χ1) is 18.7. The van der Waals surface area contributed by atoms with Crippen molar-refractivity contribution >= 4 is 17.2 Å². The van der Waals surface area contributed by atoms with Gasteiger partial charge in [-0.05, 0) is 55.8 Å². The number of hydrogen-bond acceptors (Lipinski definition) is 6. The van der Waals surface area contributed by atoms with Crippen LogP contribution in [0.25, 0.3) is 5.65 Å². The summed E-state index contributed by atoms with van der Waals surface area (Å²) in [5, 5.41) is 10.7. The van der Waals surface area contributed by atoms with E-state index in [4.69, 9.17) is 0 Å². The van der Waals surface area contributed by atoms with Gasteiger partial charge >= 0.3 is 6.18 Å². The average Bonchev–Trinajstić information content (AvgIpc) is 3.33. The van der Waals surface area contributed by atoms with Gasteiger partial charge in [0.1, 0.15) is 0 Å². The summed E-state index contributed by atoms with van der Waals surface area (Å²) >= 11 is 0. The third kappa shape index (κ3) is 6.08. The van der Waals surface area contributed by atoms with Crippen LogP contribution < -0.4 is 5.32 Å². The van der Waals surface area contributed by atoms with Gasteiger partial charge in [-0.3, -0.25) is 19.1 Å². The number of aromatic nitrogens is 4. The van der Waals surface area contributed by atoms with E-state index in [2.05, 4.69) is 37.2 Å². The number of hydrogen-bond donors (Lipinski definition) is 1. The number of likely N-dealkylation sites (N-methyl/N-ethyl adjacent to an activating group) is 1. The first kappa shape index (κ1) is 26.3. The van der Waals surface area contributed by atoms with E-state index in [0.717, 1.165) is 19.2 Å². The monoisotopic (exact) mass is 533 g/mol. The number of pyridine rings is 2. The van der Waals surface area contributed by atoms with Crippen molar-refractivity contribution in [1.29, 1.82) is 0 Å². The van der Waals surface area contributed by atoms with Crippen LogP contribution in [0.5, 0.6) is 0 Å². The fourth-order valence-corrected chi connectivity index (χ4v) is 4.34. The van der Waals surface area contributed by atoms with Gasteiger partial charge in [0.2, 0.25) is 5.82 Å². The molecule has 1 N–H and O–H groups in total. The van der Waals surface area contributed by atoms with E-state index in [9.17, 15) is 18.0 Å². The SMILES string of the molecule is Cc1ncc(C(=O)Nc2ccc(CN3CCN(C)CC3)c(C(F)(F)F)c2)cc1C#Cc1nnc2ccccn12. The molecule has 200 valence electrons. The molecule has 0 saturated carbocycles. The summed E-state index contributed by atoms with van der Waals surface area (Å²) in [5.41, 5.74) is 1.39. The zero-order valence-corrected chi connectivity index (χ0v) is 21.5. The van der Waals surface area contributed by atoms with Gasteiger partial charge in [0.05, 0.1) is 16.8 Å². The minimum Gasteiger partial charge on any atom is -0.322 e. The second kappa shape index (κ2) is 10.8. The van der Waals surface area contributed by atoms with Gasteiger partial charge in [-0.2, -0.15) is 13.2 Å². The summed E-state index contributed by atoms with van der Waals surface area (Å²) in [5.74, 6) is 5.76. The second-order valence-corrected chi connectivity index (χ2v) is 9.46. The number of aryl methyl sites for hydroxylation is 1. The van der Waals surface area contributed by atoms with Crippen molar-refractivity contribution in [3.8, 4) is 11.8 Å². The van der Waals surface area contributed by atoms with E-state index in [1.807, 2.05) is 24.1 Å². The Hall–Kier alpha value is -4.27. The number of nitrogens with zero attached hydrogens (tertiary/aromatic N) is 6. The Morgan fingerprint density at radius 1 is 1.05 bits per heavy atom. The summed E-state index contributed by atoms with van der Waals surface area (Å²) in [6.45, 7) is 4.96. The Balaban J connectivity index is 1.35. The molecule has 1 aromatic carbocycles. The number of benzene rings is 1. The first-order valence-corrected chi connectivity index (χ1v) is 12.4. The predicted octanol–water partition coefficient (Wildman–Crippen LogP) is 3.85. The minimum atomic E-state index is -4.55. The summed E-state index contributed by atoms with van der Waals surface area (Å²) in [7, 11) is 1.99. The Morgan fingerprint density at radius 2 is 1.85 bits per heavy atom. The lowest BCUT2D eigenvalue weighted by Gasteiger charge is -2.33. The number of halogens is 3. The molecule has 5 rings (SSSR count). The zero-order valence-electron chi connectivity index (χ0n) is 21.5. The highest BCUT2D eigenvalue weighted by atomic mass is 19.4. The summed E-state index contributed by atoms with van der Waals surface area (Å²) in [6.07, 6.45) is -1.39. The first-order valence-electron chi connectivity index (χ1n) is 12.4. The van der Waals surface area contributed by atoms with Gasteiger partial charge in [-0.1, -0.05) is 18.1 Å². The molecule has 4 heterocycles. The third-order valence-electron chi connectivity index (χ3n) is 6.63. The molecule has 1 fully saturated rings. The number of alkyl halides is 3. The summed E-state index contributed by atoms with van der Waals surface area (Å²) in [6, 6.07) is 11.0. The fraction of sp³-hybridized carbons (Fsp3) is 0.286. The Bertz CT molecular complexity index is 1580.